The molecule has 0 bridgehead atoms. The molecule has 0 spiro atoms. The zero-order valence-electron chi connectivity index (χ0n) is 15.6. The second kappa shape index (κ2) is 10.5. The van der Waals surface area contributed by atoms with Crippen LogP contribution in [0.15, 0.2) is 36.0 Å². The van der Waals surface area contributed by atoms with E-state index in [1.807, 2.05) is 0 Å². The maximum absolute atomic E-state index is 12.1. The lowest BCUT2D eigenvalue weighted by atomic mass is 10.2. The summed E-state index contributed by atoms with van der Waals surface area (Å²) in [5.74, 6) is -1.33. The molecule has 2 amide bonds. The summed E-state index contributed by atoms with van der Waals surface area (Å²) in [5.41, 5.74) is 1.14. The number of benzene rings is 1. The molecule has 1 aliphatic heterocycles. The fourth-order valence-corrected chi connectivity index (χ4v) is 2.71. The van der Waals surface area contributed by atoms with Crippen molar-refractivity contribution in [1.82, 2.24) is 4.90 Å². The lowest BCUT2D eigenvalue weighted by Crippen LogP contribution is -2.34. The average molecular weight is 374 g/mol. The molecule has 2 rings (SSSR count). The highest BCUT2D eigenvalue weighted by atomic mass is 16.5. The topological polar surface area (TPSA) is 95.9 Å². The molecule has 27 heavy (non-hydrogen) atoms. The van der Waals surface area contributed by atoms with Gasteiger partial charge in [0.25, 0.3) is 11.8 Å². The van der Waals surface area contributed by atoms with E-state index in [1.54, 1.807) is 24.3 Å². The number of nitrogens with one attached hydrogen (secondary N) is 1. The number of ether oxygens (including phenoxy) is 1. The van der Waals surface area contributed by atoms with Gasteiger partial charge < -0.3 is 15.2 Å². The largest absolute Gasteiger partial charge is 0.462 e. The molecule has 1 aliphatic rings. The van der Waals surface area contributed by atoms with E-state index in [0.29, 0.717) is 17.9 Å². The standard InChI is InChI=1S/C20H26N2O5/c1-2-3-4-5-6-13-27-20(26)15-7-9-16(10-8-15)21-17-14-18(24)22(11-12-23)19(17)25/h7-10,14,21,23H,2-6,11-13H2,1H3. The number of β-amino-alcohol motifs (C(OH)–C–C–N with tert-alkyl or cyclic N) is 1. The third-order valence-electron chi connectivity index (χ3n) is 4.21. The quantitative estimate of drug-likeness (QED) is 0.351. The van der Waals surface area contributed by atoms with Crippen molar-refractivity contribution >= 4 is 23.5 Å². The van der Waals surface area contributed by atoms with E-state index >= 15 is 0 Å². The number of aliphatic hydroxyl groups excluding tert-OH is 1. The van der Waals surface area contributed by atoms with Gasteiger partial charge in [-0.1, -0.05) is 32.6 Å². The van der Waals surface area contributed by atoms with Crippen LogP contribution in [0.5, 0.6) is 0 Å². The van der Waals surface area contributed by atoms with Crippen molar-refractivity contribution in [2.45, 2.75) is 39.0 Å². The Bertz CT molecular complexity index is 697. The van der Waals surface area contributed by atoms with E-state index in [-0.39, 0.29) is 24.8 Å². The van der Waals surface area contributed by atoms with Crippen LogP contribution in [0.4, 0.5) is 5.69 Å². The van der Waals surface area contributed by atoms with Crippen LogP contribution in [0.1, 0.15) is 49.4 Å². The minimum absolute atomic E-state index is 0.0391. The van der Waals surface area contributed by atoms with Gasteiger partial charge in [0.1, 0.15) is 5.70 Å². The minimum atomic E-state index is -0.486. The molecule has 7 heteroatoms. The summed E-state index contributed by atoms with van der Waals surface area (Å²) in [6.45, 7) is 2.24. The molecule has 7 nitrogen and oxygen atoms in total. The summed E-state index contributed by atoms with van der Waals surface area (Å²) in [6.07, 6.45) is 6.64. The van der Waals surface area contributed by atoms with Crippen molar-refractivity contribution in [3.63, 3.8) is 0 Å². The normalized spacial score (nSPS) is 13.7. The Morgan fingerprint density at radius 2 is 1.81 bits per heavy atom. The molecule has 0 saturated heterocycles. The maximum Gasteiger partial charge on any atom is 0.338 e. The molecule has 0 aromatic heterocycles. The lowest BCUT2D eigenvalue weighted by molar-refractivity contribution is -0.137. The summed E-state index contributed by atoms with van der Waals surface area (Å²) in [6, 6.07) is 6.50. The molecule has 0 unspecified atom stereocenters. The number of unbranched alkanes of at least 4 members (excludes halogenated alkanes) is 4. The number of esters is 1. The monoisotopic (exact) mass is 374 g/mol. The zero-order valence-corrected chi connectivity index (χ0v) is 15.6. The van der Waals surface area contributed by atoms with Crippen LogP contribution in [0, 0.1) is 0 Å². The van der Waals surface area contributed by atoms with Crippen LogP contribution in [-0.4, -0.2) is 47.5 Å². The number of rotatable bonds is 11. The first-order valence-electron chi connectivity index (χ1n) is 9.29. The number of hydrogen-bond donors (Lipinski definition) is 2. The van der Waals surface area contributed by atoms with Crippen LogP contribution in [0.25, 0.3) is 0 Å². The van der Waals surface area contributed by atoms with Gasteiger partial charge in [-0.25, -0.2) is 4.79 Å². The highest BCUT2D eigenvalue weighted by Crippen LogP contribution is 2.18. The number of nitrogens with zero attached hydrogens (tertiary/aromatic N) is 1. The van der Waals surface area contributed by atoms with E-state index in [0.717, 1.165) is 24.2 Å². The van der Waals surface area contributed by atoms with Gasteiger partial charge in [-0.3, -0.25) is 14.5 Å². The van der Waals surface area contributed by atoms with Crippen LogP contribution in [0.3, 0.4) is 0 Å². The predicted molar refractivity (Wildman–Crippen MR) is 101 cm³/mol. The molecule has 1 aromatic carbocycles. The highest BCUT2D eigenvalue weighted by Gasteiger charge is 2.30. The number of carbonyl (C=O) groups excluding carboxylic acids is 3. The second-order valence-corrected chi connectivity index (χ2v) is 6.33. The number of carbonyl (C=O) groups is 3. The van der Waals surface area contributed by atoms with Crippen LogP contribution < -0.4 is 5.32 Å². The first-order chi connectivity index (χ1) is 13.1. The number of amides is 2. The van der Waals surface area contributed by atoms with E-state index in [4.69, 9.17) is 9.84 Å². The second-order valence-electron chi connectivity index (χ2n) is 6.33. The number of aliphatic hydroxyl groups is 1. The van der Waals surface area contributed by atoms with E-state index < -0.39 is 11.8 Å². The molecule has 1 aromatic rings. The molecule has 2 N–H and O–H groups in total. The van der Waals surface area contributed by atoms with E-state index in [2.05, 4.69) is 12.2 Å². The number of imide groups is 1. The highest BCUT2D eigenvalue weighted by molar-refractivity contribution is 6.17. The van der Waals surface area contributed by atoms with Crippen LogP contribution in [-0.2, 0) is 14.3 Å². The molecule has 1 heterocycles. The molecular formula is C20H26N2O5. The Labute approximate surface area is 159 Å². The first-order valence-corrected chi connectivity index (χ1v) is 9.29. The fraction of sp³-hybridized carbons (Fsp3) is 0.450. The van der Waals surface area contributed by atoms with E-state index in [1.165, 1.54) is 18.9 Å². The third kappa shape index (κ3) is 5.92. The Morgan fingerprint density at radius 3 is 2.48 bits per heavy atom. The fourth-order valence-electron chi connectivity index (χ4n) is 2.71. The van der Waals surface area contributed by atoms with Gasteiger partial charge in [0.05, 0.1) is 25.3 Å². The summed E-state index contributed by atoms with van der Waals surface area (Å²) in [5, 5.41) is 11.8. The molecule has 0 aliphatic carbocycles. The summed E-state index contributed by atoms with van der Waals surface area (Å²) < 4.78 is 5.25. The van der Waals surface area contributed by atoms with Crippen molar-refractivity contribution in [3.8, 4) is 0 Å². The Balaban J connectivity index is 1.83. The Morgan fingerprint density at radius 1 is 1.11 bits per heavy atom. The maximum atomic E-state index is 12.1. The third-order valence-corrected chi connectivity index (χ3v) is 4.21. The van der Waals surface area contributed by atoms with Crippen molar-refractivity contribution in [2.75, 3.05) is 25.1 Å². The van der Waals surface area contributed by atoms with Crippen molar-refractivity contribution < 1.29 is 24.2 Å². The van der Waals surface area contributed by atoms with Crippen LogP contribution >= 0.6 is 0 Å². The molecular weight excluding hydrogens is 348 g/mol. The number of anilines is 1. The van der Waals surface area contributed by atoms with E-state index in [9.17, 15) is 14.4 Å². The van der Waals surface area contributed by atoms with Gasteiger partial charge in [-0.05, 0) is 30.7 Å². The van der Waals surface area contributed by atoms with Gasteiger partial charge in [0.2, 0.25) is 0 Å². The smallest absolute Gasteiger partial charge is 0.338 e. The minimum Gasteiger partial charge on any atom is -0.462 e. The Kier molecular flexibility index (Phi) is 8.00. The summed E-state index contributed by atoms with van der Waals surface area (Å²) >= 11 is 0. The lowest BCUT2D eigenvalue weighted by Gasteiger charge is -2.13. The zero-order chi connectivity index (χ0) is 19.6. The molecule has 146 valence electrons. The first kappa shape index (κ1) is 20.6. The molecule has 0 atom stereocenters. The van der Waals surface area contributed by atoms with Crippen LogP contribution in [0.2, 0.25) is 0 Å². The van der Waals surface area contributed by atoms with Gasteiger partial charge in [-0.15, -0.1) is 0 Å². The SMILES string of the molecule is CCCCCCCOC(=O)c1ccc(NC2=CC(=O)N(CCO)C2=O)cc1. The predicted octanol–water partition coefficient (Wildman–Crippen LogP) is 2.47. The van der Waals surface area contributed by atoms with Crippen molar-refractivity contribution in [3.05, 3.63) is 41.6 Å². The molecule has 0 radical (unpaired) electrons. The molecule has 0 fully saturated rings. The van der Waals surface area contributed by atoms with Gasteiger partial charge in [-0.2, -0.15) is 0 Å². The van der Waals surface area contributed by atoms with Crippen molar-refractivity contribution in [2.24, 2.45) is 0 Å². The Hall–Kier alpha value is -2.67. The van der Waals surface area contributed by atoms with Crippen molar-refractivity contribution in [1.29, 1.82) is 0 Å². The molecule has 0 saturated carbocycles. The summed E-state index contributed by atoms with van der Waals surface area (Å²) in [4.78, 5) is 36.8. The summed E-state index contributed by atoms with van der Waals surface area (Å²) in [7, 11) is 0. The van der Waals surface area contributed by atoms with Gasteiger partial charge in [0, 0.05) is 11.8 Å². The average Bonchev–Trinajstić information content (AvgIpc) is 2.93. The van der Waals surface area contributed by atoms with Gasteiger partial charge in [0.15, 0.2) is 0 Å². The van der Waals surface area contributed by atoms with Gasteiger partial charge >= 0.3 is 5.97 Å². The number of hydrogen-bond acceptors (Lipinski definition) is 6.